The summed E-state index contributed by atoms with van der Waals surface area (Å²) in [5.74, 6) is 0.504. The van der Waals surface area contributed by atoms with E-state index in [1.807, 2.05) is 37.8 Å². The smallest absolute Gasteiger partial charge is 0.358 e. The Kier molecular flexibility index (Phi) is 8.07. The zero-order valence-electron chi connectivity index (χ0n) is 24.3. The molecule has 0 bridgehead atoms. The molecule has 9 nitrogen and oxygen atoms in total. The van der Waals surface area contributed by atoms with Crippen molar-refractivity contribution in [2.75, 3.05) is 44.2 Å². The van der Waals surface area contributed by atoms with E-state index in [4.69, 9.17) is 5.73 Å². The Balaban J connectivity index is 1.20. The van der Waals surface area contributed by atoms with Crippen LogP contribution in [0.25, 0.3) is 10.9 Å². The van der Waals surface area contributed by atoms with Crippen molar-refractivity contribution in [1.82, 2.24) is 24.8 Å². The largest absolute Gasteiger partial charge is 0.433 e. The summed E-state index contributed by atoms with van der Waals surface area (Å²) in [5.41, 5.74) is 7.93. The van der Waals surface area contributed by atoms with E-state index in [-0.39, 0.29) is 11.9 Å². The number of primary amides is 1. The topological polar surface area (TPSA) is 118 Å². The number of benzene rings is 1. The predicted molar refractivity (Wildman–Crippen MR) is 154 cm³/mol. The van der Waals surface area contributed by atoms with Crippen molar-refractivity contribution in [3.63, 3.8) is 0 Å². The van der Waals surface area contributed by atoms with Gasteiger partial charge >= 0.3 is 12.2 Å². The highest BCUT2D eigenvalue weighted by atomic mass is 19.4. The van der Waals surface area contributed by atoms with Crippen molar-refractivity contribution in [3.05, 3.63) is 52.6 Å². The van der Waals surface area contributed by atoms with E-state index >= 15 is 0 Å². The van der Waals surface area contributed by atoms with Gasteiger partial charge in [0.2, 0.25) is 0 Å². The molecule has 4 heterocycles. The van der Waals surface area contributed by atoms with Crippen LogP contribution < -0.4 is 10.6 Å². The number of nitriles is 1. The number of carbonyl (C=O) groups is 1. The number of carbonyl (C=O) groups excluding carboxylic acids is 1. The fourth-order valence-corrected chi connectivity index (χ4v) is 5.97. The van der Waals surface area contributed by atoms with Gasteiger partial charge in [-0.2, -0.15) is 18.4 Å². The Morgan fingerprint density at radius 3 is 2.48 bits per heavy atom. The number of hydrogen-bond donors (Lipinski definition) is 2. The van der Waals surface area contributed by atoms with Crippen LogP contribution in [0.15, 0.2) is 24.3 Å². The van der Waals surface area contributed by atoms with Crippen LogP contribution in [0.2, 0.25) is 0 Å². The fraction of sp³-hybridized carbons (Fsp3) is 0.533. The Morgan fingerprint density at radius 2 is 1.83 bits per heavy atom. The minimum Gasteiger partial charge on any atom is -0.358 e. The molecular weight excluding hydrogens is 545 g/mol. The molecule has 1 fully saturated rings. The van der Waals surface area contributed by atoms with Gasteiger partial charge in [0.05, 0.1) is 17.7 Å². The second-order valence-corrected chi connectivity index (χ2v) is 12.2. The molecule has 12 heteroatoms. The normalized spacial score (nSPS) is 18.3. The minimum atomic E-state index is -4.53. The standard InChI is InChI=1S/C30H37F3N8O/c1-29(2,3)27-37-24(30(31,32)33)17-25(38-27)40-14-12-39(13-15-40)10-5-4-6-23-26-20-16-19(18-34)7-8-21(20)36-22(26)9-11-41(23)28(35)42/h7-8,16-17,23,36H,4-6,9-15H2,1-3H3,(H2,35,42). The van der Waals surface area contributed by atoms with Crippen LogP contribution in [-0.2, 0) is 18.0 Å². The highest BCUT2D eigenvalue weighted by Crippen LogP contribution is 2.39. The van der Waals surface area contributed by atoms with Crippen molar-refractivity contribution in [2.45, 2.75) is 64.1 Å². The summed E-state index contributed by atoms with van der Waals surface area (Å²) in [6.45, 7) is 9.42. The third kappa shape index (κ3) is 6.16. The molecule has 1 aromatic carbocycles. The summed E-state index contributed by atoms with van der Waals surface area (Å²) in [7, 11) is 0. The number of nitrogens with one attached hydrogen (secondary N) is 1. The molecule has 224 valence electrons. The van der Waals surface area contributed by atoms with E-state index in [1.54, 1.807) is 11.0 Å². The van der Waals surface area contributed by atoms with Crippen LogP contribution in [0.3, 0.4) is 0 Å². The molecule has 2 amide bonds. The fourth-order valence-electron chi connectivity index (χ4n) is 5.97. The van der Waals surface area contributed by atoms with Gasteiger partial charge in [0.1, 0.15) is 17.3 Å². The number of rotatable bonds is 6. The first-order chi connectivity index (χ1) is 19.8. The predicted octanol–water partition coefficient (Wildman–Crippen LogP) is 5.12. The molecule has 5 rings (SSSR count). The van der Waals surface area contributed by atoms with Gasteiger partial charge in [0.15, 0.2) is 0 Å². The monoisotopic (exact) mass is 582 g/mol. The molecule has 0 spiro atoms. The lowest BCUT2D eigenvalue weighted by Gasteiger charge is -2.37. The van der Waals surface area contributed by atoms with E-state index in [1.165, 1.54) is 0 Å². The Morgan fingerprint density at radius 1 is 1.10 bits per heavy atom. The van der Waals surface area contributed by atoms with Crippen molar-refractivity contribution >= 4 is 22.8 Å². The molecular formula is C30H37F3N8O. The van der Waals surface area contributed by atoms with E-state index in [0.717, 1.165) is 67.1 Å². The average Bonchev–Trinajstić information content (AvgIpc) is 3.32. The lowest BCUT2D eigenvalue weighted by atomic mass is 9.91. The number of piperazine rings is 1. The molecule has 42 heavy (non-hydrogen) atoms. The van der Waals surface area contributed by atoms with Crippen LogP contribution in [0.5, 0.6) is 0 Å². The van der Waals surface area contributed by atoms with Gasteiger partial charge in [0.25, 0.3) is 0 Å². The van der Waals surface area contributed by atoms with Crippen molar-refractivity contribution < 1.29 is 18.0 Å². The maximum atomic E-state index is 13.6. The molecule has 0 radical (unpaired) electrons. The number of halogens is 3. The zero-order chi connectivity index (χ0) is 30.2. The third-order valence-corrected chi connectivity index (χ3v) is 8.22. The molecule has 1 unspecified atom stereocenters. The maximum absolute atomic E-state index is 13.6. The van der Waals surface area contributed by atoms with Gasteiger partial charge in [0, 0.05) is 72.8 Å². The van der Waals surface area contributed by atoms with Gasteiger partial charge in [-0.15, -0.1) is 0 Å². The highest BCUT2D eigenvalue weighted by molar-refractivity contribution is 5.87. The molecule has 2 aromatic heterocycles. The highest BCUT2D eigenvalue weighted by Gasteiger charge is 2.36. The number of aromatic amines is 1. The molecule has 3 N–H and O–H groups in total. The van der Waals surface area contributed by atoms with E-state index in [0.29, 0.717) is 37.4 Å². The quantitative estimate of drug-likeness (QED) is 0.390. The van der Waals surface area contributed by atoms with Gasteiger partial charge < -0.3 is 20.5 Å². The maximum Gasteiger partial charge on any atom is 0.433 e. The van der Waals surface area contributed by atoms with Crippen LogP contribution in [-0.4, -0.2) is 70.1 Å². The van der Waals surface area contributed by atoms with E-state index in [2.05, 4.69) is 25.9 Å². The van der Waals surface area contributed by atoms with Gasteiger partial charge in [-0.1, -0.05) is 20.8 Å². The number of hydrogen-bond acceptors (Lipinski definition) is 6. The second kappa shape index (κ2) is 11.4. The van der Waals surface area contributed by atoms with Crippen molar-refractivity contribution in [1.29, 1.82) is 5.26 Å². The van der Waals surface area contributed by atoms with Crippen molar-refractivity contribution in [3.8, 4) is 6.07 Å². The molecule has 3 aromatic rings. The molecule has 0 aliphatic carbocycles. The van der Waals surface area contributed by atoms with Gasteiger partial charge in [-0.3, -0.25) is 4.90 Å². The van der Waals surface area contributed by atoms with Crippen LogP contribution >= 0.6 is 0 Å². The third-order valence-electron chi connectivity index (χ3n) is 8.22. The number of fused-ring (bicyclic) bond motifs is 3. The number of alkyl halides is 3. The van der Waals surface area contributed by atoms with E-state index in [9.17, 15) is 23.2 Å². The Bertz CT molecular complexity index is 1460. The molecule has 2 aliphatic rings. The number of anilines is 1. The summed E-state index contributed by atoms with van der Waals surface area (Å²) in [6, 6.07) is 8.22. The molecule has 0 saturated carbocycles. The first kappa shape index (κ1) is 29.6. The summed E-state index contributed by atoms with van der Waals surface area (Å²) < 4.78 is 40.7. The first-order valence-electron chi connectivity index (χ1n) is 14.4. The number of H-pyrrole nitrogens is 1. The van der Waals surface area contributed by atoms with Crippen LogP contribution in [0.1, 0.15) is 74.4 Å². The van der Waals surface area contributed by atoms with E-state index < -0.39 is 23.3 Å². The van der Waals surface area contributed by atoms with Gasteiger partial charge in [-0.25, -0.2) is 14.8 Å². The number of urea groups is 1. The number of amides is 2. The molecule has 2 aliphatic heterocycles. The summed E-state index contributed by atoms with van der Waals surface area (Å²) in [4.78, 5) is 30.1. The molecule has 1 saturated heterocycles. The SMILES string of the molecule is CC(C)(C)c1nc(N2CCN(CCCCC3c4c([nH]c5ccc(C#N)cc45)CCN3C(N)=O)CC2)cc(C(F)(F)F)n1. The summed E-state index contributed by atoms with van der Waals surface area (Å²) >= 11 is 0. The zero-order valence-corrected chi connectivity index (χ0v) is 24.3. The average molecular weight is 583 g/mol. The van der Waals surface area contributed by atoms with Crippen molar-refractivity contribution in [2.24, 2.45) is 5.73 Å². The number of unbranched alkanes of at least 4 members (excludes halogenated alkanes) is 1. The first-order valence-corrected chi connectivity index (χ1v) is 14.4. The molecule has 1 atom stereocenters. The Hall–Kier alpha value is -3.85. The van der Waals surface area contributed by atoms with Gasteiger partial charge in [-0.05, 0) is 44.0 Å². The van der Waals surface area contributed by atoms with Crippen LogP contribution in [0, 0.1) is 11.3 Å². The second-order valence-electron chi connectivity index (χ2n) is 12.2. The number of aromatic nitrogens is 3. The number of nitrogens with zero attached hydrogens (tertiary/aromatic N) is 6. The van der Waals surface area contributed by atoms with Crippen LogP contribution in [0.4, 0.5) is 23.8 Å². The lowest BCUT2D eigenvalue weighted by molar-refractivity contribution is -0.141. The summed E-state index contributed by atoms with van der Waals surface area (Å²) in [5, 5.41) is 10.4. The lowest BCUT2D eigenvalue weighted by Crippen LogP contribution is -2.47. The number of nitrogens with two attached hydrogens (primary N) is 1. The summed E-state index contributed by atoms with van der Waals surface area (Å²) in [6.07, 6.45) is -1.33. The minimum absolute atomic E-state index is 0.164. The Labute approximate surface area is 243 Å².